The molecule has 1 aromatic rings. The summed E-state index contributed by atoms with van der Waals surface area (Å²) in [4.78, 5) is 0. The van der Waals surface area contributed by atoms with Crippen molar-refractivity contribution in [2.45, 2.75) is 13.3 Å². The zero-order valence-corrected chi connectivity index (χ0v) is 10.5. The van der Waals surface area contributed by atoms with Crippen molar-refractivity contribution < 1.29 is 4.74 Å². The van der Waals surface area contributed by atoms with Crippen molar-refractivity contribution in [3.63, 3.8) is 0 Å². The van der Waals surface area contributed by atoms with E-state index < -0.39 is 0 Å². The quantitative estimate of drug-likeness (QED) is 0.700. The van der Waals surface area contributed by atoms with Crippen LogP contribution in [-0.2, 0) is 6.42 Å². The Bertz CT molecular complexity index is 319. The molecule has 2 rings (SSSR count). The number of hydrogen-bond donors (Lipinski definition) is 2. The average molecular weight is 234 g/mol. The van der Waals surface area contributed by atoms with Gasteiger partial charge in [-0.3, -0.25) is 0 Å². The van der Waals surface area contributed by atoms with Crippen LogP contribution in [0.15, 0.2) is 24.3 Å². The van der Waals surface area contributed by atoms with E-state index in [9.17, 15) is 0 Å². The van der Waals surface area contributed by atoms with Crippen LogP contribution in [0, 0.1) is 5.92 Å². The molecular weight excluding hydrogens is 212 g/mol. The molecule has 0 unspecified atom stereocenters. The van der Waals surface area contributed by atoms with Crippen LogP contribution >= 0.6 is 0 Å². The number of nitrogens with one attached hydrogen (secondary N) is 2. The van der Waals surface area contributed by atoms with E-state index >= 15 is 0 Å². The van der Waals surface area contributed by atoms with E-state index in [1.54, 1.807) is 0 Å². The highest BCUT2D eigenvalue weighted by Gasteiger charge is 2.15. The molecule has 0 aromatic heterocycles. The maximum Gasteiger partial charge on any atom is 0.119 e. The summed E-state index contributed by atoms with van der Waals surface area (Å²) in [6.07, 6.45) is 1.09. The number of benzene rings is 1. The molecule has 3 nitrogen and oxygen atoms in total. The van der Waals surface area contributed by atoms with Crippen LogP contribution in [0.5, 0.6) is 5.75 Å². The number of hydrogen-bond acceptors (Lipinski definition) is 3. The van der Waals surface area contributed by atoms with E-state index in [1.807, 2.05) is 6.92 Å². The SMILES string of the molecule is CCOc1ccc(CCNCC2CNC2)cc1. The highest BCUT2D eigenvalue weighted by Crippen LogP contribution is 2.12. The molecule has 1 aliphatic heterocycles. The Hall–Kier alpha value is -1.06. The summed E-state index contributed by atoms with van der Waals surface area (Å²) in [7, 11) is 0. The van der Waals surface area contributed by atoms with Crippen molar-refractivity contribution in [3.8, 4) is 5.75 Å². The number of ether oxygens (including phenoxy) is 1. The zero-order valence-electron chi connectivity index (χ0n) is 10.5. The Morgan fingerprint density at radius 3 is 2.65 bits per heavy atom. The fraction of sp³-hybridized carbons (Fsp3) is 0.571. The van der Waals surface area contributed by atoms with E-state index in [0.717, 1.165) is 37.8 Å². The molecular formula is C14H22N2O. The average Bonchev–Trinajstić information content (AvgIpc) is 2.29. The van der Waals surface area contributed by atoms with Gasteiger partial charge in [-0.2, -0.15) is 0 Å². The van der Waals surface area contributed by atoms with Crippen molar-refractivity contribution in [3.05, 3.63) is 29.8 Å². The lowest BCUT2D eigenvalue weighted by atomic mass is 10.0. The normalized spacial score (nSPS) is 15.6. The molecule has 0 spiro atoms. The lowest BCUT2D eigenvalue weighted by Crippen LogP contribution is -2.47. The summed E-state index contributed by atoms with van der Waals surface area (Å²) in [6, 6.07) is 8.40. The molecule has 94 valence electrons. The molecule has 1 heterocycles. The van der Waals surface area contributed by atoms with E-state index in [2.05, 4.69) is 34.9 Å². The van der Waals surface area contributed by atoms with E-state index in [4.69, 9.17) is 4.74 Å². The van der Waals surface area contributed by atoms with Crippen LogP contribution in [0.3, 0.4) is 0 Å². The predicted molar refractivity (Wildman–Crippen MR) is 70.5 cm³/mol. The molecule has 3 heteroatoms. The van der Waals surface area contributed by atoms with Gasteiger partial charge in [-0.15, -0.1) is 0 Å². The van der Waals surface area contributed by atoms with Gasteiger partial charge in [-0.1, -0.05) is 12.1 Å². The largest absolute Gasteiger partial charge is 0.494 e. The Morgan fingerprint density at radius 1 is 1.29 bits per heavy atom. The first-order chi connectivity index (χ1) is 8.38. The molecule has 0 amide bonds. The number of rotatable bonds is 7. The molecule has 2 N–H and O–H groups in total. The third kappa shape index (κ3) is 4.02. The second-order valence-electron chi connectivity index (χ2n) is 4.56. The predicted octanol–water partition coefficient (Wildman–Crippen LogP) is 1.44. The summed E-state index contributed by atoms with van der Waals surface area (Å²) >= 11 is 0. The van der Waals surface area contributed by atoms with Crippen molar-refractivity contribution in [2.24, 2.45) is 5.92 Å². The molecule has 17 heavy (non-hydrogen) atoms. The van der Waals surface area contributed by atoms with Crippen molar-refractivity contribution in [1.29, 1.82) is 0 Å². The van der Waals surface area contributed by atoms with Crippen molar-refractivity contribution in [2.75, 3.05) is 32.8 Å². The first-order valence-electron chi connectivity index (χ1n) is 6.51. The van der Waals surface area contributed by atoms with Crippen LogP contribution in [-0.4, -0.2) is 32.8 Å². The minimum absolute atomic E-state index is 0.732. The summed E-state index contributed by atoms with van der Waals surface area (Å²) < 4.78 is 5.42. The van der Waals surface area contributed by atoms with Gasteiger partial charge in [0.15, 0.2) is 0 Å². The van der Waals surface area contributed by atoms with Gasteiger partial charge in [0, 0.05) is 19.6 Å². The van der Waals surface area contributed by atoms with Crippen LogP contribution in [0.2, 0.25) is 0 Å². The smallest absolute Gasteiger partial charge is 0.119 e. The second kappa shape index (κ2) is 6.62. The minimum atomic E-state index is 0.732. The third-order valence-electron chi connectivity index (χ3n) is 3.12. The molecule has 0 radical (unpaired) electrons. The molecule has 0 aliphatic carbocycles. The first kappa shape index (κ1) is 12.4. The fourth-order valence-corrected chi connectivity index (χ4v) is 1.95. The Labute approximate surface area is 104 Å². The molecule has 1 fully saturated rings. The molecule has 0 saturated carbocycles. The summed E-state index contributed by atoms with van der Waals surface area (Å²) in [5.41, 5.74) is 1.37. The summed E-state index contributed by atoms with van der Waals surface area (Å²) in [5.74, 6) is 1.81. The van der Waals surface area contributed by atoms with Crippen LogP contribution in [0.1, 0.15) is 12.5 Å². The lowest BCUT2D eigenvalue weighted by Gasteiger charge is -2.27. The first-order valence-corrected chi connectivity index (χ1v) is 6.51. The molecule has 1 aliphatic rings. The molecule has 0 atom stereocenters. The maximum absolute atomic E-state index is 5.42. The Morgan fingerprint density at radius 2 is 2.06 bits per heavy atom. The van der Waals surface area contributed by atoms with Gasteiger partial charge in [0.05, 0.1) is 6.61 Å². The van der Waals surface area contributed by atoms with E-state index in [1.165, 1.54) is 18.7 Å². The van der Waals surface area contributed by atoms with Gasteiger partial charge < -0.3 is 15.4 Å². The Balaban J connectivity index is 1.63. The molecule has 1 aromatic carbocycles. The molecule has 0 bridgehead atoms. The van der Waals surface area contributed by atoms with Gasteiger partial charge in [0.1, 0.15) is 5.75 Å². The standard InChI is InChI=1S/C14H22N2O/c1-2-17-14-5-3-12(4-6-14)7-8-15-9-13-10-16-11-13/h3-6,13,15-16H,2,7-11H2,1H3. The highest BCUT2D eigenvalue weighted by molar-refractivity contribution is 5.27. The fourth-order valence-electron chi connectivity index (χ4n) is 1.95. The highest BCUT2D eigenvalue weighted by atomic mass is 16.5. The third-order valence-corrected chi connectivity index (χ3v) is 3.12. The maximum atomic E-state index is 5.42. The van der Waals surface area contributed by atoms with Crippen molar-refractivity contribution in [1.82, 2.24) is 10.6 Å². The van der Waals surface area contributed by atoms with Gasteiger partial charge >= 0.3 is 0 Å². The van der Waals surface area contributed by atoms with Gasteiger partial charge in [-0.05, 0) is 43.5 Å². The second-order valence-corrected chi connectivity index (χ2v) is 4.56. The Kier molecular flexibility index (Phi) is 4.83. The van der Waals surface area contributed by atoms with Crippen LogP contribution < -0.4 is 15.4 Å². The summed E-state index contributed by atoms with van der Waals surface area (Å²) in [5, 5.41) is 6.79. The van der Waals surface area contributed by atoms with E-state index in [0.29, 0.717) is 0 Å². The van der Waals surface area contributed by atoms with Gasteiger partial charge in [-0.25, -0.2) is 0 Å². The van der Waals surface area contributed by atoms with Gasteiger partial charge in [0.2, 0.25) is 0 Å². The lowest BCUT2D eigenvalue weighted by molar-refractivity contribution is 0.332. The van der Waals surface area contributed by atoms with E-state index in [-0.39, 0.29) is 0 Å². The summed E-state index contributed by atoms with van der Waals surface area (Å²) in [6.45, 7) is 7.30. The van der Waals surface area contributed by atoms with Crippen molar-refractivity contribution >= 4 is 0 Å². The monoisotopic (exact) mass is 234 g/mol. The molecule has 1 saturated heterocycles. The van der Waals surface area contributed by atoms with Crippen LogP contribution in [0.4, 0.5) is 0 Å². The topological polar surface area (TPSA) is 33.3 Å². The van der Waals surface area contributed by atoms with Crippen LogP contribution in [0.25, 0.3) is 0 Å². The minimum Gasteiger partial charge on any atom is -0.494 e. The zero-order chi connectivity index (χ0) is 11.9. The van der Waals surface area contributed by atoms with Gasteiger partial charge in [0.25, 0.3) is 0 Å².